The third-order valence-electron chi connectivity index (χ3n) is 4.10. The van der Waals surface area contributed by atoms with Crippen LogP contribution >= 0.6 is 23.2 Å². The molecule has 3 heteroatoms. The molecule has 2 N–H and O–H groups in total. The van der Waals surface area contributed by atoms with Crippen LogP contribution in [0.3, 0.4) is 0 Å². The van der Waals surface area contributed by atoms with Crippen LogP contribution in [0.1, 0.15) is 24.8 Å². The van der Waals surface area contributed by atoms with E-state index in [9.17, 15) is 0 Å². The van der Waals surface area contributed by atoms with E-state index in [1.165, 1.54) is 24.8 Å². The van der Waals surface area contributed by atoms with Gasteiger partial charge in [0.05, 0.1) is 10.0 Å². The summed E-state index contributed by atoms with van der Waals surface area (Å²) in [7, 11) is 0. The minimum absolute atomic E-state index is 0.207. The molecule has 4 rings (SSSR count). The van der Waals surface area contributed by atoms with Gasteiger partial charge in [0, 0.05) is 11.5 Å². The van der Waals surface area contributed by atoms with E-state index in [1.807, 2.05) is 12.1 Å². The van der Waals surface area contributed by atoms with Crippen molar-refractivity contribution in [1.82, 2.24) is 0 Å². The van der Waals surface area contributed by atoms with E-state index < -0.39 is 0 Å². The predicted octanol–water partition coefficient (Wildman–Crippen LogP) is 3.37. The molecule has 0 spiro atoms. The Morgan fingerprint density at radius 3 is 2.47 bits per heavy atom. The van der Waals surface area contributed by atoms with Gasteiger partial charge in [0.1, 0.15) is 0 Å². The average molecular weight is 242 g/mol. The summed E-state index contributed by atoms with van der Waals surface area (Å²) in [6.45, 7) is 0. The van der Waals surface area contributed by atoms with Crippen LogP contribution in [0.25, 0.3) is 0 Å². The maximum Gasteiger partial charge on any atom is 0.0595 e. The Hall–Kier alpha value is -0.240. The summed E-state index contributed by atoms with van der Waals surface area (Å²) in [4.78, 5) is 0. The van der Waals surface area contributed by atoms with Crippen molar-refractivity contribution in [3.63, 3.8) is 0 Å². The summed E-state index contributed by atoms with van der Waals surface area (Å²) in [6.07, 6.45) is 3.62. The fourth-order valence-electron chi connectivity index (χ4n) is 3.28. The molecule has 3 aliphatic rings. The Bertz CT molecular complexity index is 410. The molecule has 0 heterocycles. The highest BCUT2D eigenvalue weighted by Crippen LogP contribution is 2.59. The number of nitrogens with two attached hydrogens (primary N) is 1. The maximum atomic E-state index is 6.20. The molecule has 0 aliphatic heterocycles. The molecule has 0 amide bonds. The van der Waals surface area contributed by atoms with Crippen LogP contribution in [0.15, 0.2) is 18.2 Å². The monoisotopic (exact) mass is 241 g/mol. The molecule has 2 bridgehead atoms. The van der Waals surface area contributed by atoms with Crippen LogP contribution in [-0.4, -0.2) is 6.04 Å². The van der Waals surface area contributed by atoms with Crippen LogP contribution in [0.5, 0.6) is 0 Å². The lowest BCUT2D eigenvalue weighted by molar-refractivity contribution is 0.232. The first-order valence-electron chi connectivity index (χ1n) is 5.33. The van der Waals surface area contributed by atoms with Gasteiger partial charge in [-0.15, -0.1) is 0 Å². The second kappa shape index (κ2) is 3.13. The molecule has 3 saturated carbocycles. The highest BCUT2D eigenvalue weighted by molar-refractivity contribution is 6.42. The maximum absolute atomic E-state index is 6.20. The standard InChI is InChI=1S/C12H13Cl2N/c13-9-2-1-8(4-10(9)14)12-5-7(6-12)3-11(12)15/h1-2,4,7,11H,3,5-6,15H2. The van der Waals surface area contributed by atoms with Crippen molar-refractivity contribution in [2.24, 2.45) is 11.7 Å². The van der Waals surface area contributed by atoms with Gasteiger partial charge in [-0.1, -0.05) is 29.3 Å². The van der Waals surface area contributed by atoms with E-state index >= 15 is 0 Å². The molecule has 1 nitrogen and oxygen atoms in total. The molecule has 80 valence electrons. The topological polar surface area (TPSA) is 26.0 Å². The van der Waals surface area contributed by atoms with Gasteiger partial charge in [0.15, 0.2) is 0 Å². The van der Waals surface area contributed by atoms with E-state index in [0.29, 0.717) is 16.1 Å². The van der Waals surface area contributed by atoms with Gasteiger partial charge in [-0.05, 0) is 42.9 Å². The highest BCUT2D eigenvalue weighted by Gasteiger charge is 2.56. The zero-order valence-electron chi connectivity index (χ0n) is 8.34. The molecule has 1 aromatic rings. The number of benzene rings is 1. The lowest BCUT2D eigenvalue weighted by atomic mass is 9.64. The molecule has 3 aliphatic carbocycles. The Balaban J connectivity index is 2.03. The smallest absolute Gasteiger partial charge is 0.0595 e. The SMILES string of the molecule is NC1CC2CC1(c1ccc(Cl)c(Cl)c1)C2. The van der Waals surface area contributed by atoms with E-state index in [-0.39, 0.29) is 5.41 Å². The first-order valence-corrected chi connectivity index (χ1v) is 6.08. The van der Waals surface area contributed by atoms with Crippen molar-refractivity contribution in [3.05, 3.63) is 33.8 Å². The van der Waals surface area contributed by atoms with Gasteiger partial charge in [0.25, 0.3) is 0 Å². The summed E-state index contributed by atoms with van der Waals surface area (Å²) >= 11 is 12.0. The normalized spacial score (nSPS) is 37.8. The van der Waals surface area contributed by atoms with Crippen LogP contribution in [0.2, 0.25) is 10.0 Å². The van der Waals surface area contributed by atoms with Crippen molar-refractivity contribution in [2.45, 2.75) is 30.7 Å². The lowest BCUT2D eigenvalue weighted by Crippen LogP contribution is -2.43. The number of rotatable bonds is 1. The molecule has 1 unspecified atom stereocenters. The van der Waals surface area contributed by atoms with Gasteiger partial charge in [-0.25, -0.2) is 0 Å². The Morgan fingerprint density at radius 1 is 1.20 bits per heavy atom. The minimum atomic E-state index is 0.207. The summed E-state index contributed by atoms with van der Waals surface area (Å²) in [5.41, 5.74) is 7.68. The van der Waals surface area contributed by atoms with E-state index in [2.05, 4.69) is 6.07 Å². The molecule has 3 fully saturated rings. The molecule has 15 heavy (non-hydrogen) atoms. The number of halogens is 2. The van der Waals surface area contributed by atoms with Crippen molar-refractivity contribution in [1.29, 1.82) is 0 Å². The van der Waals surface area contributed by atoms with Crippen LogP contribution in [0, 0.1) is 5.92 Å². The number of hydrogen-bond donors (Lipinski definition) is 1. The van der Waals surface area contributed by atoms with Gasteiger partial charge >= 0.3 is 0 Å². The third-order valence-corrected chi connectivity index (χ3v) is 4.84. The van der Waals surface area contributed by atoms with Crippen molar-refractivity contribution < 1.29 is 0 Å². The Kier molecular flexibility index (Phi) is 2.08. The quantitative estimate of drug-likeness (QED) is 0.802. The molecular weight excluding hydrogens is 229 g/mol. The van der Waals surface area contributed by atoms with E-state index in [4.69, 9.17) is 28.9 Å². The third kappa shape index (κ3) is 1.27. The second-order valence-electron chi connectivity index (χ2n) is 4.90. The number of fused-ring (bicyclic) bond motifs is 1. The minimum Gasteiger partial charge on any atom is -0.327 e. The Labute approximate surface area is 99.6 Å². The molecule has 1 aromatic carbocycles. The van der Waals surface area contributed by atoms with Crippen LogP contribution < -0.4 is 5.73 Å². The van der Waals surface area contributed by atoms with Gasteiger partial charge in [0.2, 0.25) is 0 Å². The largest absolute Gasteiger partial charge is 0.327 e. The number of hydrogen-bond acceptors (Lipinski definition) is 1. The summed E-state index contributed by atoms with van der Waals surface area (Å²) in [6, 6.07) is 6.26. The van der Waals surface area contributed by atoms with Crippen LogP contribution in [0.4, 0.5) is 0 Å². The first kappa shape index (κ1) is 9.95. The summed E-state index contributed by atoms with van der Waals surface area (Å²) < 4.78 is 0. The summed E-state index contributed by atoms with van der Waals surface area (Å²) in [5.74, 6) is 0.842. The van der Waals surface area contributed by atoms with Gasteiger partial charge in [-0.2, -0.15) is 0 Å². The zero-order chi connectivity index (χ0) is 10.6. The van der Waals surface area contributed by atoms with Crippen molar-refractivity contribution in [2.75, 3.05) is 0 Å². The fourth-order valence-corrected chi connectivity index (χ4v) is 3.58. The second-order valence-corrected chi connectivity index (χ2v) is 5.72. The molecule has 0 radical (unpaired) electrons. The fraction of sp³-hybridized carbons (Fsp3) is 0.500. The zero-order valence-corrected chi connectivity index (χ0v) is 9.85. The van der Waals surface area contributed by atoms with Crippen molar-refractivity contribution in [3.8, 4) is 0 Å². The van der Waals surface area contributed by atoms with Crippen LogP contribution in [-0.2, 0) is 5.41 Å². The van der Waals surface area contributed by atoms with Crippen molar-refractivity contribution >= 4 is 23.2 Å². The summed E-state index contributed by atoms with van der Waals surface area (Å²) in [5, 5.41) is 1.27. The van der Waals surface area contributed by atoms with E-state index in [1.54, 1.807) is 0 Å². The van der Waals surface area contributed by atoms with E-state index in [0.717, 1.165) is 5.92 Å². The lowest BCUT2D eigenvalue weighted by Gasteiger charge is -2.41. The molecule has 0 aromatic heterocycles. The van der Waals surface area contributed by atoms with Gasteiger partial charge < -0.3 is 5.73 Å². The average Bonchev–Trinajstić information content (AvgIpc) is 2.61. The Morgan fingerprint density at radius 2 is 1.93 bits per heavy atom. The van der Waals surface area contributed by atoms with Gasteiger partial charge in [-0.3, -0.25) is 0 Å². The highest BCUT2D eigenvalue weighted by atomic mass is 35.5. The molecule has 0 saturated heterocycles. The molecular formula is C12H13Cl2N. The first-order chi connectivity index (χ1) is 7.12. The predicted molar refractivity (Wildman–Crippen MR) is 63.5 cm³/mol. The molecule has 1 atom stereocenters.